The normalized spacial score (nSPS) is 26.5. The Hall–Kier alpha value is -0.530. The molecule has 2 atom stereocenters. The lowest BCUT2D eigenvalue weighted by molar-refractivity contribution is -0.119. The van der Waals surface area contributed by atoms with Gasteiger partial charge in [-0.25, -0.2) is 0 Å². The lowest BCUT2D eigenvalue weighted by Gasteiger charge is -2.52. The number of hydrogen-bond donors (Lipinski definition) is 0. The summed E-state index contributed by atoms with van der Waals surface area (Å²) in [5.74, 6) is 0. The topological polar surface area (TPSA) is 9.23 Å². The number of rotatable bonds is 5. The first kappa shape index (κ1) is 12.9. The maximum Gasteiger partial charge on any atom is 0.0720 e. The van der Waals surface area contributed by atoms with Gasteiger partial charge in [-0.15, -0.1) is 11.6 Å². The Bertz CT molecular complexity index is 345. The predicted molar refractivity (Wildman–Crippen MR) is 72.3 cm³/mol. The van der Waals surface area contributed by atoms with Crippen LogP contribution in [-0.4, -0.2) is 11.5 Å². The predicted octanol–water partition coefficient (Wildman–Crippen LogP) is 4.39. The molecule has 0 amide bonds. The van der Waals surface area contributed by atoms with Crippen molar-refractivity contribution < 1.29 is 4.74 Å². The van der Waals surface area contributed by atoms with E-state index in [1.807, 2.05) is 6.07 Å². The summed E-state index contributed by atoms with van der Waals surface area (Å²) in [6.45, 7) is 5.14. The Balaban J connectivity index is 1.92. The number of benzene rings is 1. The molecule has 0 aliphatic heterocycles. The van der Waals surface area contributed by atoms with Gasteiger partial charge in [0, 0.05) is 10.8 Å². The lowest BCUT2D eigenvalue weighted by Crippen LogP contribution is -2.55. The first-order chi connectivity index (χ1) is 8.23. The number of alkyl halides is 1. The first-order valence-corrected chi connectivity index (χ1v) is 6.96. The highest BCUT2D eigenvalue weighted by Gasteiger charge is 2.52. The fourth-order valence-corrected chi connectivity index (χ4v) is 3.46. The number of halogens is 1. The summed E-state index contributed by atoms with van der Waals surface area (Å²) in [7, 11) is 0. The Kier molecular flexibility index (Phi) is 4.11. The van der Waals surface area contributed by atoms with E-state index < -0.39 is 0 Å². The van der Waals surface area contributed by atoms with Crippen LogP contribution in [0.3, 0.4) is 0 Å². The van der Waals surface area contributed by atoms with Crippen LogP contribution < -0.4 is 0 Å². The van der Waals surface area contributed by atoms with Crippen molar-refractivity contribution in [1.29, 1.82) is 0 Å². The summed E-state index contributed by atoms with van der Waals surface area (Å²) in [5, 5.41) is 0.290. The van der Waals surface area contributed by atoms with Gasteiger partial charge in [-0.2, -0.15) is 0 Å². The van der Waals surface area contributed by atoms with Crippen LogP contribution in [-0.2, 0) is 11.3 Å². The van der Waals surface area contributed by atoms with Crippen LogP contribution in [0.1, 0.15) is 38.7 Å². The smallest absolute Gasteiger partial charge is 0.0720 e. The molecular weight excluding hydrogens is 232 g/mol. The molecule has 1 saturated carbocycles. The van der Waals surface area contributed by atoms with E-state index in [0.29, 0.717) is 18.1 Å². The van der Waals surface area contributed by atoms with Crippen molar-refractivity contribution in [1.82, 2.24) is 0 Å². The van der Waals surface area contributed by atoms with Crippen LogP contribution in [0, 0.1) is 5.41 Å². The van der Waals surface area contributed by atoms with E-state index in [0.717, 1.165) is 19.3 Å². The number of hydrogen-bond acceptors (Lipinski definition) is 1. The third kappa shape index (κ3) is 2.36. The van der Waals surface area contributed by atoms with E-state index in [9.17, 15) is 0 Å². The second kappa shape index (κ2) is 5.41. The van der Waals surface area contributed by atoms with Crippen molar-refractivity contribution in [3.05, 3.63) is 35.9 Å². The lowest BCUT2D eigenvalue weighted by atomic mass is 9.62. The molecule has 0 bridgehead atoms. The molecule has 1 fully saturated rings. The van der Waals surface area contributed by atoms with Gasteiger partial charge >= 0.3 is 0 Å². The van der Waals surface area contributed by atoms with Crippen LogP contribution >= 0.6 is 11.6 Å². The molecule has 1 aromatic rings. The van der Waals surface area contributed by atoms with E-state index in [-0.39, 0.29) is 5.41 Å². The molecule has 17 heavy (non-hydrogen) atoms. The van der Waals surface area contributed by atoms with Crippen molar-refractivity contribution in [3.8, 4) is 0 Å². The molecule has 1 aromatic carbocycles. The van der Waals surface area contributed by atoms with Crippen LogP contribution in [0.5, 0.6) is 0 Å². The molecule has 1 aliphatic rings. The molecule has 2 heteroatoms. The minimum absolute atomic E-state index is 0.205. The average Bonchev–Trinajstić information content (AvgIpc) is 2.37. The third-order valence-corrected chi connectivity index (χ3v) is 4.91. The highest BCUT2D eigenvalue weighted by molar-refractivity contribution is 6.21. The molecule has 0 spiro atoms. The van der Waals surface area contributed by atoms with Gasteiger partial charge in [-0.1, -0.05) is 44.2 Å². The highest BCUT2D eigenvalue weighted by atomic mass is 35.5. The zero-order valence-corrected chi connectivity index (χ0v) is 11.4. The molecule has 0 N–H and O–H groups in total. The summed E-state index contributed by atoms with van der Waals surface area (Å²) in [6, 6.07) is 10.4. The molecule has 2 unspecified atom stereocenters. The Morgan fingerprint density at radius 3 is 2.41 bits per heavy atom. The zero-order chi connectivity index (χ0) is 12.3. The van der Waals surface area contributed by atoms with Crippen molar-refractivity contribution in [2.75, 3.05) is 0 Å². The molecule has 1 aliphatic carbocycles. The quantitative estimate of drug-likeness (QED) is 0.707. The minimum Gasteiger partial charge on any atom is -0.373 e. The standard InChI is InChI=1S/C15H21ClO/c1-3-15(4-2)13(16)10-14(15)17-11-12-8-6-5-7-9-12/h5-9,13-14H,3-4,10-11H2,1-2H3. The molecule has 0 aromatic heterocycles. The second-order valence-electron chi connectivity index (χ2n) is 4.93. The summed E-state index contributed by atoms with van der Waals surface area (Å²) in [4.78, 5) is 0. The summed E-state index contributed by atoms with van der Waals surface area (Å²) < 4.78 is 6.05. The van der Waals surface area contributed by atoms with Gasteiger partial charge in [0.1, 0.15) is 0 Å². The van der Waals surface area contributed by atoms with Crippen LogP contribution in [0.25, 0.3) is 0 Å². The van der Waals surface area contributed by atoms with E-state index in [1.165, 1.54) is 5.56 Å². The Labute approximate surface area is 109 Å². The van der Waals surface area contributed by atoms with Gasteiger partial charge in [0.05, 0.1) is 12.7 Å². The van der Waals surface area contributed by atoms with Crippen LogP contribution in [0.15, 0.2) is 30.3 Å². The molecule has 1 nitrogen and oxygen atoms in total. The summed E-state index contributed by atoms with van der Waals surface area (Å²) in [5.41, 5.74) is 1.45. The summed E-state index contributed by atoms with van der Waals surface area (Å²) >= 11 is 6.37. The fraction of sp³-hybridized carbons (Fsp3) is 0.600. The number of ether oxygens (including phenoxy) is 1. The molecule has 2 rings (SSSR count). The van der Waals surface area contributed by atoms with E-state index >= 15 is 0 Å². The minimum atomic E-state index is 0.205. The van der Waals surface area contributed by atoms with Gasteiger partial charge in [0.2, 0.25) is 0 Å². The van der Waals surface area contributed by atoms with Crippen molar-refractivity contribution in [2.24, 2.45) is 5.41 Å². The van der Waals surface area contributed by atoms with Gasteiger partial charge in [-0.05, 0) is 24.8 Å². The Morgan fingerprint density at radius 1 is 1.24 bits per heavy atom. The molecule has 0 saturated heterocycles. The molecule has 0 radical (unpaired) electrons. The van der Waals surface area contributed by atoms with Crippen molar-refractivity contribution in [2.45, 2.75) is 51.2 Å². The van der Waals surface area contributed by atoms with Crippen LogP contribution in [0.4, 0.5) is 0 Å². The van der Waals surface area contributed by atoms with Crippen molar-refractivity contribution >= 4 is 11.6 Å². The van der Waals surface area contributed by atoms with E-state index in [2.05, 4.69) is 38.1 Å². The highest BCUT2D eigenvalue weighted by Crippen LogP contribution is 2.52. The van der Waals surface area contributed by atoms with Crippen molar-refractivity contribution in [3.63, 3.8) is 0 Å². The first-order valence-electron chi connectivity index (χ1n) is 6.52. The molecule has 94 valence electrons. The SMILES string of the molecule is CCC1(CC)C(Cl)CC1OCc1ccccc1. The van der Waals surface area contributed by atoms with E-state index in [4.69, 9.17) is 16.3 Å². The van der Waals surface area contributed by atoms with Gasteiger partial charge < -0.3 is 4.74 Å². The second-order valence-corrected chi connectivity index (χ2v) is 5.46. The molecule has 0 heterocycles. The van der Waals surface area contributed by atoms with Crippen LogP contribution in [0.2, 0.25) is 0 Å². The van der Waals surface area contributed by atoms with E-state index in [1.54, 1.807) is 0 Å². The summed E-state index contributed by atoms with van der Waals surface area (Å²) in [6.07, 6.45) is 3.55. The third-order valence-electron chi connectivity index (χ3n) is 4.30. The fourth-order valence-electron chi connectivity index (χ4n) is 2.85. The monoisotopic (exact) mass is 252 g/mol. The largest absolute Gasteiger partial charge is 0.373 e. The Morgan fingerprint density at radius 2 is 1.88 bits per heavy atom. The molecular formula is C15H21ClO. The maximum atomic E-state index is 6.37. The van der Waals surface area contributed by atoms with Gasteiger partial charge in [-0.3, -0.25) is 0 Å². The zero-order valence-electron chi connectivity index (χ0n) is 10.7. The van der Waals surface area contributed by atoms with Gasteiger partial charge in [0.25, 0.3) is 0 Å². The average molecular weight is 253 g/mol. The maximum absolute atomic E-state index is 6.37. The van der Waals surface area contributed by atoms with Gasteiger partial charge in [0.15, 0.2) is 0 Å².